The van der Waals surface area contributed by atoms with Crippen molar-refractivity contribution in [1.82, 2.24) is 0 Å². The summed E-state index contributed by atoms with van der Waals surface area (Å²) in [5.41, 5.74) is 1.91. The minimum Gasteiger partial charge on any atom is -0.396 e. The summed E-state index contributed by atoms with van der Waals surface area (Å²) < 4.78 is 0. The van der Waals surface area contributed by atoms with Crippen LogP contribution in [0.1, 0.15) is 20.3 Å². The van der Waals surface area contributed by atoms with Crippen molar-refractivity contribution in [2.24, 2.45) is 5.92 Å². The standard InChI is InChI=1S/C8H12O2/c1-5-6(2)8(10)3-7(5)4-9/h7,9H,3-4H2,1-2H3. The Hall–Kier alpha value is -0.630. The molecule has 0 radical (unpaired) electrons. The molecular weight excluding hydrogens is 128 g/mol. The molecule has 0 aliphatic heterocycles. The summed E-state index contributed by atoms with van der Waals surface area (Å²) in [4.78, 5) is 11.0. The zero-order chi connectivity index (χ0) is 7.72. The van der Waals surface area contributed by atoms with Crippen LogP contribution in [0.5, 0.6) is 0 Å². The zero-order valence-electron chi connectivity index (χ0n) is 6.35. The second-order valence-corrected chi connectivity index (χ2v) is 2.81. The van der Waals surface area contributed by atoms with E-state index in [-0.39, 0.29) is 18.3 Å². The zero-order valence-corrected chi connectivity index (χ0v) is 6.35. The minimum absolute atomic E-state index is 0.104. The maximum Gasteiger partial charge on any atom is 0.159 e. The summed E-state index contributed by atoms with van der Waals surface area (Å²) in [7, 11) is 0. The van der Waals surface area contributed by atoms with Crippen LogP contribution in [0.3, 0.4) is 0 Å². The lowest BCUT2D eigenvalue weighted by Gasteiger charge is -2.04. The number of aliphatic hydroxyl groups excluding tert-OH is 1. The van der Waals surface area contributed by atoms with Crippen molar-refractivity contribution in [2.45, 2.75) is 20.3 Å². The molecule has 0 amide bonds. The highest BCUT2D eigenvalue weighted by molar-refractivity contribution is 5.98. The first-order chi connectivity index (χ1) is 4.66. The Morgan fingerprint density at radius 2 is 2.20 bits per heavy atom. The molecule has 1 atom stereocenters. The number of ketones is 1. The summed E-state index contributed by atoms with van der Waals surface area (Å²) in [5.74, 6) is 0.295. The molecule has 0 bridgehead atoms. The molecule has 56 valence electrons. The lowest BCUT2D eigenvalue weighted by molar-refractivity contribution is -0.115. The molecule has 2 heteroatoms. The van der Waals surface area contributed by atoms with Crippen molar-refractivity contribution >= 4 is 5.78 Å². The molecule has 0 saturated heterocycles. The van der Waals surface area contributed by atoms with Crippen LogP contribution in [0.25, 0.3) is 0 Å². The average molecular weight is 140 g/mol. The van der Waals surface area contributed by atoms with Gasteiger partial charge in [0.25, 0.3) is 0 Å². The Labute approximate surface area is 60.6 Å². The van der Waals surface area contributed by atoms with Crippen molar-refractivity contribution in [3.8, 4) is 0 Å². The molecule has 10 heavy (non-hydrogen) atoms. The Bertz CT molecular complexity index is 191. The highest BCUT2D eigenvalue weighted by atomic mass is 16.3. The fraction of sp³-hybridized carbons (Fsp3) is 0.625. The number of carbonyl (C=O) groups excluding carboxylic acids is 1. The number of aliphatic hydroxyl groups is 1. The monoisotopic (exact) mass is 140 g/mol. The molecule has 1 N–H and O–H groups in total. The van der Waals surface area contributed by atoms with Gasteiger partial charge in [-0.3, -0.25) is 4.79 Å². The van der Waals surface area contributed by atoms with E-state index in [4.69, 9.17) is 5.11 Å². The molecule has 0 spiro atoms. The average Bonchev–Trinajstić information content (AvgIpc) is 2.17. The van der Waals surface area contributed by atoms with E-state index in [2.05, 4.69) is 0 Å². The van der Waals surface area contributed by atoms with Crippen molar-refractivity contribution in [3.63, 3.8) is 0 Å². The van der Waals surface area contributed by atoms with Crippen LogP contribution in [0.4, 0.5) is 0 Å². The van der Waals surface area contributed by atoms with Gasteiger partial charge in [-0.05, 0) is 19.4 Å². The number of allylic oxidation sites excluding steroid dienone is 1. The van der Waals surface area contributed by atoms with E-state index in [9.17, 15) is 4.79 Å². The van der Waals surface area contributed by atoms with Crippen LogP contribution in [-0.2, 0) is 4.79 Å². The maximum absolute atomic E-state index is 11.0. The quantitative estimate of drug-likeness (QED) is 0.587. The number of Topliss-reactive ketones (excluding diaryl/α,β-unsaturated/α-hetero) is 1. The van der Waals surface area contributed by atoms with Gasteiger partial charge in [0.1, 0.15) is 0 Å². The van der Waals surface area contributed by atoms with Gasteiger partial charge in [0.15, 0.2) is 5.78 Å². The normalized spacial score (nSPS) is 26.3. The molecule has 0 fully saturated rings. The third kappa shape index (κ3) is 0.991. The molecule has 0 aromatic rings. The van der Waals surface area contributed by atoms with Crippen LogP contribution in [0.2, 0.25) is 0 Å². The molecule has 0 saturated carbocycles. The van der Waals surface area contributed by atoms with E-state index in [0.717, 1.165) is 11.1 Å². The van der Waals surface area contributed by atoms with Crippen LogP contribution >= 0.6 is 0 Å². The third-order valence-corrected chi connectivity index (χ3v) is 2.27. The Morgan fingerprint density at radius 3 is 2.40 bits per heavy atom. The number of hydrogen-bond donors (Lipinski definition) is 1. The molecule has 1 aliphatic rings. The van der Waals surface area contributed by atoms with Crippen LogP contribution in [-0.4, -0.2) is 17.5 Å². The molecule has 0 aromatic heterocycles. The number of rotatable bonds is 1. The summed E-state index contributed by atoms with van der Waals surface area (Å²) >= 11 is 0. The van der Waals surface area contributed by atoms with Gasteiger partial charge in [0.2, 0.25) is 0 Å². The molecule has 1 aliphatic carbocycles. The summed E-state index contributed by atoms with van der Waals surface area (Å²) in [6.45, 7) is 3.85. The molecule has 2 nitrogen and oxygen atoms in total. The van der Waals surface area contributed by atoms with Gasteiger partial charge < -0.3 is 5.11 Å². The lowest BCUT2D eigenvalue weighted by Crippen LogP contribution is -2.03. The number of carbonyl (C=O) groups is 1. The fourth-order valence-corrected chi connectivity index (χ4v) is 1.26. The van der Waals surface area contributed by atoms with Crippen molar-refractivity contribution in [1.29, 1.82) is 0 Å². The Kier molecular flexibility index (Phi) is 1.90. The highest BCUT2D eigenvalue weighted by Crippen LogP contribution is 2.27. The summed E-state index contributed by atoms with van der Waals surface area (Å²) in [5, 5.41) is 8.79. The van der Waals surface area contributed by atoms with Gasteiger partial charge in [-0.15, -0.1) is 0 Å². The second kappa shape index (κ2) is 2.54. The van der Waals surface area contributed by atoms with Crippen LogP contribution < -0.4 is 0 Å². The highest BCUT2D eigenvalue weighted by Gasteiger charge is 2.25. The van der Waals surface area contributed by atoms with E-state index in [0.29, 0.717) is 6.42 Å². The molecule has 0 aromatic carbocycles. The fourth-order valence-electron chi connectivity index (χ4n) is 1.26. The predicted molar refractivity (Wildman–Crippen MR) is 38.6 cm³/mol. The minimum atomic E-state index is 0.104. The largest absolute Gasteiger partial charge is 0.396 e. The van der Waals surface area contributed by atoms with E-state index >= 15 is 0 Å². The first-order valence-electron chi connectivity index (χ1n) is 3.48. The van der Waals surface area contributed by atoms with Gasteiger partial charge >= 0.3 is 0 Å². The van der Waals surface area contributed by atoms with Gasteiger partial charge in [-0.25, -0.2) is 0 Å². The SMILES string of the molecule is CC1=C(C)C(CO)CC1=O. The third-order valence-electron chi connectivity index (χ3n) is 2.27. The summed E-state index contributed by atoms with van der Waals surface area (Å²) in [6, 6.07) is 0. The Balaban J connectivity index is 2.83. The predicted octanol–water partition coefficient (Wildman–Crippen LogP) is 0.904. The second-order valence-electron chi connectivity index (χ2n) is 2.81. The van der Waals surface area contributed by atoms with E-state index in [1.807, 2.05) is 13.8 Å². The number of hydrogen-bond acceptors (Lipinski definition) is 2. The van der Waals surface area contributed by atoms with Crippen molar-refractivity contribution in [2.75, 3.05) is 6.61 Å². The molecule has 0 heterocycles. The van der Waals surface area contributed by atoms with Gasteiger partial charge in [-0.2, -0.15) is 0 Å². The molecular formula is C8H12O2. The molecule has 1 unspecified atom stereocenters. The van der Waals surface area contributed by atoms with Crippen LogP contribution in [0.15, 0.2) is 11.1 Å². The first-order valence-corrected chi connectivity index (χ1v) is 3.48. The van der Waals surface area contributed by atoms with Crippen molar-refractivity contribution in [3.05, 3.63) is 11.1 Å². The molecule has 1 rings (SSSR count). The van der Waals surface area contributed by atoms with Gasteiger partial charge in [0, 0.05) is 12.3 Å². The van der Waals surface area contributed by atoms with E-state index in [1.54, 1.807) is 0 Å². The topological polar surface area (TPSA) is 37.3 Å². The smallest absolute Gasteiger partial charge is 0.159 e. The van der Waals surface area contributed by atoms with E-state index < -0.39 is 0 Å². The lowest BCUT2D eigenvalue weighted by atomic mass is 10.0. The first kappa shape index (κ1) is 7.48. The van der Waals surface area contributed by atoms with Gasteiger partial charge in [0.05, 0.1) is 6.61 Å². The van der Waals surface area contributed by atoms with Crippen molar-refractivity contribution < 1.29 is 9.90 Å². The maximum atomic E-state index is 11.0. The van der Waals surface area contributed by atoms with E-state index in [1.165, 1.54) is 0 Å². The Morgan fingerprint density at radius 1 is 1.60 bits per heavy atom. The summed E-state index contributed by atoms with van der Waals surface area (Å²) in [6.07, 6.45) is 0.508. The van der Waals surface area contributed by atoms with Crippen LogP contribution in [0, 0.1) is 5.92 Å². The van der Waals surface area contributed by atoms with Gasteiger partial charge in [-0.1, -0.05) is 5.57 Å².